The minimum atomic E-state index is -0.370. The van der Waals surface area contributed by atoms with Crippen LogP contribution < -0.4 is 26.2 Å². The van der Waals surface area contributed by atoms with Gasteiger partial charge in [-0.25, -0.2) is 9.37 Å². The number of primary amides is 1. The smallest absolute Gasteiger partial charge is 0.240 e. The van der Waals surface area contributed by atoms with Crippen LogP contribution >= 0.6 is 0 Å². The van der Waals surface area contributed by atoms with Crippen LogP contribution in [0.3, 0.4) is 0 Å². The van der Waals surface area contributed by atoms with Crippen LogP contribution in [0.2, 0.25) is 0 Å². The summed E-state index contributed by atoms with van der Waals surface area (Å²) in [6, 6.07) is 4.90. The van der Waals surface area contributed by atoms with E-state index >= 15 is 0 Å². The molecular formula is C24H30FN7O. The molecule has 0 radical (unpaired) electrons. The number of nitrogens with zero attached hydrogens (tertiary/aromatic N) is 5. The molecule has 2 aromatic rings. The lowest BCUT2D eigenvalue weighted by Crippen LogP contribution is -2.42. The van der Waals surface area contributed by atoms with E-state index < -0.39 is 0 Å². The highest BCUT2D eigenvalue weighted by Gasteiger charge is 2.51. The van der Waals surface area contributed by atoms with Crippen LogP contribution in [0.15, 0.2) is 24.4 Å². The van der Waals surface area contributed by atoms with Crippen molar-refractivity contribution >= 4 is 23.4 Å². The Morgan fingerprint density at radius 2 is 2.09 bits per heavy atom. The maximum atomic E-state index is 14.1. The molecule has 9 heteroatoms. The molecule has 33 heavy (non-hydrogen) atoms. The lowest BCUT2D eigenvalue weighted by atomic mass is 9.99. The third-order valence-corrected chi connectivity index (χ3v) is 7.77. The van der Waals surface area contributed by atoms with Crippen LogP contribution in [0, 0.1) is 5.82 Å². The Morgan fingerprint density at radius 3 is 2.82 bits per heavy atom. The molecule has 0 bridgehead atoms. The molecule has 1 aliphatic carbocycles. The summed E-state index contributed by atoms with van der Waals surface area (Å²) in [5, 5.41) is 0. The van der Waals surface area contributed by atoms with Crippen LogP contribution in [0.5, 0.6) is 0 Å². The summed E-state index contributed by atoms with van der Waals surface area (Å²) in [4.78, 5) is 28.2. The average Bonchev–Trinajstić information content (AvgIpc) is 3.13. The Bertz CT molecular complexity index is 1100. The second-order valence-electron chi connectivity index (χ2n) is 10.1. The predicted molar refractivity (Wildman–Crippen MR) is 125 cm³/mol. The number of benzene rings is 1. The number of halogens is 1. The van der Waals surface area contributed by atoms with Gasteiger partial charge in [-0.1, -0.05) is 6.07 Å². The molecule has 174 valence electrons. The van der Waals surface area contributed by atoms with Gasteiger partial charge in [-0.3, -0.25) is 4.79 Å². The first-order valence-electron chi connectivity index (χ1n) is 11.9. The van der Waals surface area contributed by atoms with E-state index in [0.29, 0.717) is 12.5 Å². The van der Waals surface area contributed by atoms with Gasteiger partial charge in [-0.15, -0.1) is 0 Å². The van der Waals surface area contributed by atoms with Gasteiger partial charge in [0, 0.05) is 61.6 Å². The zero-order chi connectivity index (χ0) is 22.7. The Kier molecular flexibility index (Phi) is 4.72. The van der Waals surface area contributed by atoms with E-state index in [2.05, 4.69) is 14.8 Å². The third-order valence-electron chi connectivity index (χ3n) is 7.77. The lowest BCUT2D eigenvalue weighted by Gasteiger charge is -2.29. The Balaban J connectivity index is 1.37. The zero-order valence-corrected chi connectivity index (χ0v) is 18.7. The minimum absolute atomic E-state index is 0.118. The maximum absolute atomic E-state index is 14.1. The molecular weight excluding hydrogens is 421 g/mol. The van der Waals surface area contributed by atoms with Crippen LogP contribution in [0.4, 0.5) is 21.8 Å². The fourth-order valence-corrected chi connectivity index (χ4v) is 5.86. The van der Waals surface area contributed by atoms with Gasteiger partial charge in [0.05, 0.1) is 0 Å². The van der Waals surface area contributed by atoms with Crippen LogP contribution in [-0.4, -0.2) is 54.1 Å². The van der Waals surface area contributed by atoms with Crippen LogP contribution in [-0.2, 0) is 16.8 Å². The van der Waals surface area contributed by atoms with Crippen molar-refractivity contribution in [3.05, 3.63) is 41.3 Å². The van der Waals surface area contributed by atoms with Gasteiger partial charge in [0.15, 0.2) is 0 Å². The molecule has 8 nitrogen and oxygen atoms in total. The molecule has 2 unspecified atom stereocenters. The molecule has 1 aromatic heterocycles. The summed E-state index contributed by atoms with van der Waals surface area (Å²) in [5.41, 5.74) is 15.1. The quantitative estimate of drug-likeness (QED) is 0.712. The second kappa shape index (κ2) is 7.55. The van der Waals surface area contributed by atoms with E-state index in [1.807, 2.05) is 17.2 Å². The van der Waals surface area contributed by atoms with Crippen molar-refractivity contribution < 1.29 is 9.18 Å². The minimum Gasteiger partial charge on any atom is -0.368 e. The standard InChI is InChI=1S/C24H30FN7O/c25-16-3-4-18-20(10-16)31(14-24(18)6-7-24)12-15-11-28-23(30-9-5-17(26)13-30)29-22(15)32-8-1-2-19(32)21(27)33/h3-4,10-11,17,19H,1-2,5-9,12-14,26H2,(H2,27,33). The summed E-state index contributed by atoms with van der Waals surface area (Å²) in [5.74, 6) is 0.856. The number of fused-ring (bicyclic) bond motifs is 2. The zero-order valence-electron chi connectivity index (χ0n) is 18.7. The topological polar surface area (TPSA) is 105 Å². The summed E-state index contributed by atoms with van der Waals surface area (Å²) < 4.78 is 14.1. The fraction of sp³-hybridized carbons (Fsp3) is 0.542. The van der Waals surface area contributed by atoms with E-state index in [0.717, 1.165) is 75.4 Å². The second-order valence-corrected chi connectivity index (χ2v) is 10.1. The number of nitrogens with two attached hydrogens (primary N) is 2. The average molecular weight is 452 g/mol. The molecule has 3 fully saturated rings. The van der Waals surface area contributed by atoms with Crippen molar-refractivity contribution in [3.63, 3.8) is 0 Å². The van der Waals surface area contributed by atoms with Crippen molar-refractivity contribution in [1.82, 2.24) is 9.97 Å². The molecule has 3 aliphatic heterocycles. The van der Waals surface area contributed by atoms with E-state index in [1.54, 1.807) is 12.1 Å². The van der Waals surface area contributed by atoms with Crippen molar-refractivity contribution in [2.75, 3.05) is 40.9 Å². The van der Waals surface area contributed by atoms with E-state index in [1.165, 1.54) is 5.56 Å². The van der Waals surface area contributed by atoms with Gasteiger partial charge >= 0.3 is 0 Å². The van der Waals surface area contributed by atoms with Gasteiger partial charge < -0.3 is 26.2 Å². The number of carbonyl (C=O) groups is 1. The van der Waals surface area contributed by atoms with Gasteiger partial charge in [0.1, 0.15) is 17.7 Å². The molecule has 1 spiro atoms. The van der Waals surface area contributed by atoms with Crippen LogP contribution in [0.1, 0.15) is 43.2 Å². The predicted octanol–water partition coefficient (Wildman–Crippen LogP) is 1.66. The lowest BCUT2D eigenvalue weighted by molar-refractivity contribution is -0.119. The molecule has 4 N–H and O–H groups in total. The normalized spacial score (nSPS) is 25.2. The number of hydrogen-bond donors (Lipinski definition) is 2. The Labute approximate surface area is 192 Å². The van der Waals surface area contributed by atoms with Crippen molar-refractivity contribution in [2.45, 2.75) is 56.1 Å². The van der Waals surface area contributed by atoms with E-state index in [9.17, 15) is 9.18 Å². The summed E-state index contributed by atoms with van der Waals surface area (Å²) >= 11 is 0. The Hall–Kier alpha value is -2.94. The number of amides is 1. The van der Waals surface area contributed by atoms with E-state index in [-0.39, 0.29) is 29.2 Å². The number of carbonyl (C=O) groups excluding carboxylic acids is 1. The first kappa shape index (κ1) is 20.7. The summed E-state index contributed by atoms with van der Waals surface area (Å²) in [6.07, 6.45) is 6.66. The molecule has 6 rings (SSSR count). The van der Waals surface area contributed by atoms with Crippen molar-refractivity contribution in [1.29, 1.82) is 0 Å². The van der Waals surface area contributed by atoms with Gasteiger partial charge in [-0.2, -0.15) is 4.98 Å². The van der Waals surface area contributed by atoms with Crippen LogP contribution in [0.25, 0.3) is 0 Å². The Morgan fingerprint density at radius 1 is 1.24 bits per heavy atom. The number of aromatic nitrogens is 2. The first-order chi connectivity index (χ1) is 15.9. The van der Waals surface area contributed by atoms with Gasteiger partial charge in [0.2, 0.25) is 11.9 Å². The largest absolute Gasteiger partial charge is 0.368 e. The molecule has 4 aliphatic rings. The number of hydrogen-bond acceptors (Lipinski definition) is 7. The number of rotatable bonds is 5. The highest BCUT2D eigenvalue weighted by Crippen LogP contribution is 2.56. The number of anilines is 3. The molecule has 4 heterocycles. The summed E-state index contributed by atoms with van der Waals surface area (Å²) in [6.45, 7) is 3.70. The fourth-order valence-electron chi connectivity index (χ4n) is 5.86. The molecule has 1 amide bonds. The van der Waals surface area contributed by atoms with Gasteiger partial charge in [0.25, 0.3) is 0 Å². The third kappa shape index (κ3) is 3.49. The molecule has 2 atom stereocenters. The molecule has 1 saturated carbocycles. The molecule has 2 saturated heterocycles. The first-order valence-corrected chi connectivity index (χ1v) is 11.9. The van der Waals surface area contributed by atoms with Crippen molar-refractivity contribution in [3.8, 4) is 0 Å². The monoisotopic (exact) mass is 451 g/mol. The van der Waals surface area contributed by atoms with Gasteiger partial charge in [-0.05, 0) is 49.8 Å². The molecule has 1 aromatic carbocycles. The highest BCUT2D eigenvalue weighted by molar-refractivity contribution is 5.84. The SMILES string of the molecule is NC(=O)C1CCCN1c1nc(N2CCC(N)C2)ncc1CN1CC2(CC2)c2ccc(F)cc21. The maximum Gasteiger partial charge on any atom is 0.240 e. The van der Waals surface area contributed by atoms with Crippen molar-refractivity contribution in [2.24, 2.45) is 11.5 Å². The van der Waals surface area contributed by atoms with E-state index in [4.69, 9.17) is 16.5 Å². The summed E-state index contributed by atoms with van der Waals surface area (Å²) in [7, 11) is 0. The highest BCUT2D eigenvalue weighted by atomic mass is 19.1.